The third-order valence-corrected chi connectivity index (χ3v) is 3.82. The highest BCUT2D eigenvalue weighted by Gasteiger charge is 2.02. The topological polar surface area (TPSA) is 29.1 Å². The van der Waals surface area contributed by atoms with Crippen LogP contribution in [0, 0.1) is 5.82 Å². The lowest BCUT2D eigenvalue weighted by Gasteiger charge is -2.08. The molecule has 0 aromatic heterocycles. The number of rotatable bonds is 5. The first-order valence-electron chi connectivity index (χ1n) is 6.11. The van der Waals surface area contributed by atoms with Crippen LogP contribution in [0.4, 0.5) is 10.1 Å². The predicted molar refractivity (Wildman–Crippen MR) is 82.9 cm³/mol. The molecule has 0 spiro atoms. The molecule has 5 heteroatoms. The Labute approximate surface area is 125 Å². The van der Waals surface area contributed by atoms with Crippen LogP contribution in [0.1, 0.15) is 11.1 Å². The van der Waals surface area contributed by atoms with E-state index in [0.717, 1.165) is 16.8 Å². The first-order valence-corrected chi connectivity index (χ1v) is 8.22. The van der Waals surface area contributed by atoms with Gasteiger partial charge in [-0.15, -0.1) is 0 Å². The Morgan fingerprint density at radius 1 is 1.20 bits per heavy atom. The Bertz CT molecular complexity index is 633. The second-order valence-electron chi connectivity index (χ2n) is 4.52. The minimum absolute atomic E-state index is 0.126. The number of hydrogen-bond donors (Lipinski definition) is 1. The predicted octanol–water partition coefficient (Wildman–Crippen LogP) is 3.97. The van der Waals surface area contributed by atoms with Crippen LogP contribution < -0.4 is 5.32 Å². The normalized spacial score (nSPS) is 12.2. The van der Waals surface area contributed by atoms with Crippen molar-refractivity contribution >= 4 is 28.1 Å². The van der Waals surface area contributed by atoms with E-state index in [1.54, 1.807) is 18.4 Å². The third-order valence-electron chi connectivity index (χ3n) is 2.78. The molecule has 0 heterocycles. The molecule has 2 aromatic carbocycles. The van der Waals surface area contributed by atoms with Crippen molar-refractivity contribution in [2.45, 2.75) is 12.3 Å². The molecule has 106 valence electrons. The highest BCUT2D eigenvalue weighted by atomic mass is 35.5. The van der Waals surface area contributed by atoms with Crippen molar-refractivity contribution < 1.29 is 8.60 Å². The van der Waals surface area contributed by atoms with Crippen LogP contribution in [0.15, 0.2) is 42.5 Å². The molecule has 0 bridgehead atoms. The van der Waals surface area contributed by atoms with Crippen molar-refractivity contribution in [1.29, 1.82) is 0 Å². The highest BCUT2D eigenvalue weighted by molar-refractivity contribution is 7.83. The molecule has 0 amide bonds. The van der Waals surface area contributed by atoms with Gasteiger partial charge in [-0.05, 0) is 35.4 Å². The standard InChI is InChI=1S/C15H15ClFNOS/c1-20(19)10-12-3-2-4-13(7-12)18-9-11-5-6-14(16)15(17)8-11/h2-8,18H,9-10H2,1H3/t20-/m0/s1. The monoisotopic (exact) mass is 311 g/mol. The molecule has 2 aromatic rings. The molecule has 1 atom stereocenters. The lowest BCUT2D eigenvalue weighted by Crippen LogP contribution is -2.01. The van der Waals surface area contributed by atoms with Crippen LogP contribution in [0.5, 0.6) is 0 Å². The molecule has 2 rings (SSSR count). The summed E-state index contributed by atoms with van der Waals surface area (Å²) in [5.74, 6) is 0.117. The molecule has 0 saturated heterocycles. The highest BCUT2D eigenvalue weighted by Crippen LogP contribution is 2.17. The van der Waals surface area contributed by atoms with E-state index in [1.807, 2.05) is 24.3 Å². The number of nitrogens with one attached hydrogen (secondary N) is 1. The maximum atomic E-state index is 13.3. The van der Waals surface area contributed by atoms with Gasteiger partial charge in [0.1, 0.15) is 5.82 Å². The summed E-state index contributed by atoms with van der Waals surface area (Å²) in [4.78, 5) is 0. The molecule has 0 aliphatic carbocycles. The molecule has 0 aliphatic rings. The number of hydrogen-bond acceptors (Lipinski definition) is 2. The second kappa shape index (κ2) is 6.86. The summed E-state index contributed by atoms with van der Waals surface area (Å²) >= 11 is 5.64. The van der Waals surface area contributed by atoms with Gasteiger partial charge in [-0.2, -0.15) is 0 Å². The van der Waals surface area contributed by atoms with E-state index in [-0.39, 0.29) is 5.02 Å². The van der Waals surface area contributed by atoms with E-state index in [2.05, 4.69) is 5.32 Å². The lowest BCUT2D eigenvalue weighted by molar-refractivity contribution is 0.626. The van der Waals surface area contributed by atoms with E-state index in [4.69, 9.17) is 11.6 Å². The summed E-state index contributed by atoms with van der Waals surface area (Å²) in [5, 5.41) is 3.34. The Hall–Kier alpha value is -1.39. The van der Waals surface area contributed by atoms with E-state index in [0.29, 0.717) is 12.3 Å². The Kier molecular flexibility index (Phi) is 5.15. The number of halogens is 2. The van der Waals surface area contributed by atoms with Crippen LogP contribution in [0.3, 0.4) is 0 Å². The van der Waals surface area contributed by atoms with E-state index < -0.39 is 16.6 Å². The lowest BCUT2D eigenvalue weighted by atomic mass is 10.2. The van der Waals surface area contributed by atoms with Gasteiger partial charge in [-0.25, -0.2) is 4.39 Å². The number of anilines is 1. The van der Waals surface area contributed by atoms with E-state index in [1.165, 1.54) is 6.07 Å². The molecule has 1 N–H and O–H groups in total. The van der Waals surface area contributed by atoms with Crippen LogP contribution in [-0.4, -0.2) is 10.5 Å². The largest absolute Gasteiger partial charge is 0.381 e. The van der Waals surface area contributed by atoms with Crippen LogP contribution in [0.2, 0.25) is 5.02 Å². The first-order chi connectivity index (χ1) is 9.54. The van der Waals surface area contributed by atoms with Gasteiger partial charge in [0.2, 0.25) is 0 Å². The van der Waals surface area contributed by atoms with Gasteiger partial charge in [0.05, 0.1) is 5.02 Å². The van der Waals surface area contributed by atoms with Gasteiger partial charge < -0.3 is 5.32 Å². The smallest absolute Gasteiger partial charge is 0.142 e. The minimum atomic E-state index is -0.862. The summed E-state index contributed by atoms with van der Waals surface area (Å²) in [6.07, 6.45) is 1.68. The van der Waals surface area contributed by atoms with Crippen molar-refractivity contribution in [2.75, 3.05) is 11.6 Å². The van der Waals surface area contributed by atoms with Gasteiger partial charge >= 0.3 is 0 Å². The molecule has 0 unspecified atom stereocenters. The number of benzene rings is 2. The molecular formula is C15H15ClFNOS. The molecule has 20 heavy (non-hydrogen) atoms. The molecule has 0 radical (unpaired) electrons. The summed E-state index contributed by atoms with van der Waals surface area (Å²) in [6.45, 7) is 0.507. The van der Waals surface area contributed by atoms with Crippen molar-refractivity contribution in [3.8, 4) is 0 Å². The van der Waals surface area contributed by atoms with E-state index >= 15 is 0 Å². The average Bonchev–Trinajstić information content (AvgIpc) is 2.40. The summed E-state index contributed by atoms with van der Waals surface area (Å²) in [5.41, 5.74) is 2.75. The van der Waals surface area contributed by atoms with Crippen molar-refractivity contribution in [1.82, 2.24) is 0 Å². The molecular weight excluding hydrogens is 297 g/mol. The molecule has 2 nitrogen and oxygen atoms in total. The average molecular weight is 312 g/mol. The quantitative estimate of drug-likeness (QED) is 0.905. The van der Waals surface area contributed by atoms with Gasteiger partial charge in [0, 0.05) is 35.0 Å². The van der Waals surface area contributed by atoms with Crippen LogP contribution in [-0.2, 0) is 23.1 Å². The maximum Gasteiger partial charge on any atom is 0.142 e. The van der Waals surface area contributed by atoms with Crippen molar-refractivity contribution in [3.63, 3.8) is 0 Å². The summed E-state index contributed by atoms with van der Waals surface area (Å²) < 4.78 is 24.5. The fraction of sp³-hybridized carbons (Fsp3) is 0.200. The summed E-state index contributed by atoms with van der Waals surface area (Å²) in [7, 11) is -0.862. The molecule has 0 fully saturated rings. The Morgan fingerprint density at radius 2 is 2.00 bits per heavy atom. The van der Waals surface area contributed by atoms with Gasteiger partial charge in [0.25, 0.3) is 0 Å². The van der Waals surface area contributed by atoms with Gasteiger partial charge in [-0.1, -0.05) is 29.8 Å². The Balaban J connectivity index is 2.03. The zero-order valence-electron chi connectivity index (χ0n) is 11.0. The fourth-order valence-electron chi connectivity index (χ4n) is 1.86. The molecule has 0 aliphatic heterocycles. The zero-order valence-corrected chi connectivity index (χ0v) is 12.6. The molecule has 0 saturated carbocycles. The fourth-order valence-corrected chi connectivity index (χ4v) is 2.63. The maximum absolute atomic E-state index is 13.3. The second-order valence-corrected chi connectivity index (χ2v) is 6.36. The van der Waals surface area contributed by atoms with Crippen LogP contribution >= 0.6 is 11.6 Å². The minimum Gasteiger partial charge on any atom is -0.381 e. The van der Waals surface area contributed by atoms with Crippen molar-refractivity contribution in [2.24, 2.45) is 0 Å². The van der Waals surface area contributed by atoms with E-state index in [9.17, 15) is 8.60 Å². The van der Waals surface area contributed by atoms with Gasteiger partial charge in [-0.3, -0.25) is 4.21 Å². The third kappa shape index (κ3) is 4.32. The van der Waals surface area contributed by atoms with Crippen LogP contribution in [0.25, 0.3) is 0 Å². The van der Waals surface area contributed by atoms with Gasteiger partial charge in [0.15, 0.2) is 0 Å². The zero-order chi connectivity index (χ0) is 14.5. The SMILES string of the molecule is C[S@](=O)Cc1cccc(NCc2ccc(Cl)c(F)c2)c1. The first kappa shape index (κ1) is 15.0. The summed E-state index contributed by atoms with van der Waals surface area (Å²) in [6, 6.07) is 12.5. The Morgan fingerprint density at radius 3 is 2.70 bits per heavy atom. The van der Waals surface area contributed by atoms with Crippen molar-refractivity contribution in [3.05, 3.63) is 64.4 Å².